The number of rotatable bonds is 4. The smallest absolute Gasteiger partial charge is 0.308 e. The molecular formula is C14H11N3O2S2. The number of hydrogen-bond donors (Lipinski definition) is 1. The molecule has 21 heavy (non-hydrogen) atoms. The first-order chi connectivity index (χ1) is 10.1. The molecule has 0 atom stereocenters. The molecule has 3 rings (SSSR count). The molecule has 0 unspecified atom stereocenters. The molecule has 106 valence electrons. The van der Waals surface area contributed by atoms with Gasteiger partial charge in [-0.3, -0.25) is 4.79 Å². The summed E-state index contributed by atoms with van der Waals surface area (Å²) in [7, 11) is 0. The van der Waals surface area contributed by atoms with Crippen LogP contribution in [0.5, 0.6) is 0 Å². The normalized spacial score (nSPS) is 10.9. The number of hydrogen-bond acceptors (Lipinski definition) is 6. The summed E-state index contributed by atoms with van der Waals surface area (Å²) in [6.07, 6.45) is 1.73. The highest BCUT2D eigenvalue weighted by Crippen LogP contribution is 2.35. The topological polar surface area (TPSA) is 76.0 Å². The number of aromatic nitrogens is 3. The number of aliphatic carboxylic acids is 1. The van der Waals surface area contributed by atoms with Gasteiger partial charge < -0.3 is 5.11 Å². The Hall–Kier alpha value is -1.99. The second-order valence-corrected chi connectivity index (χ2v) is 6.72. The maximum atomic E-state index is 10.8. The van der Waals surface area contributed by atoms with E-state index in [1.807, 2.05) is 31.2 Å². The standard InChI is InChI=1S/C14H11N3O2S2/c1-8-11(6-12(18)19)20-14(16-8)21-13-10-5-3-2-4-9(10)7-15-17-13/h2-5,7H,6H2,1H3,(H,18,19). The number of aryl methyl sites for hydroxylation is 1. The zero-order chi connectivity index (χ0) is 14.8. The maximum Gasteiger partial charge on any atom is 0.308 e. The minimum absolute atomic E-state index is 0.00523. The van der Waals surface area contributed by atoms with E-state index in [4.69, 9.17) is 5.11 Å². The molecule has 0 aliphatic heterocycles. The first-order valence-electron chi connectivity index (χ1n) is 6.20. The summed E-state index contributed by atoms with van der Waals surface area (Å²) >= 11 is 2.81. The second-order valence-electron chi connectivity index (χ2n) is 4.40. The van der Waals surface area contributed by atoms with E-state index >= 15 is 0 Å². The Kier molecular flexibility index (Phi) is 3.85. The molecule has 7 heteroatoms. The molecule has 0 spiro atoms. The summed E-state index contributed by atoms with van der Waals surface area (Å²) in [6, 6.07) is 7.88. The fraction of sp³-hybridized carbons (Fsp3) is 0.143. The number of carboxylic acids is 1. The second kappa shape index (κ2) is 5.79. The summed E-state index contributed by atoms with van der Waals surface area (Å²) in [5, 5.41) is 19.9. The molecule has 2 heterocycles. The van der Waals surface area contributed by atoms with Crippen molar-refractivity contribution in [1.29, 1.82) is 0 Å². The van der Waals surface area contributed by atoms with Crippen molar-refractivity contribution in [2.45, 2.75) is 22.7 Å². The number of fused-ring (bicyclic) bond motifs is 1. The number of carboxylic acid groups (broad SMARTS) is 1. The van der Waals surface area contributed by atoms with Crippen LogP contribution in [0.4, 0.5) is 0 Å². The summed E-state index contributed by atoms with van der Waals surface area (Å²) in [5.41, 5.74) is 0.762. The van der Waals surface area contributed by atoms with E-state index in [1.165, 1.54) is 23.1 Å². The molecule has 0 bridgehead atoms. The summed E-state index contributed by atoms with van der Waals surface area (Å²) in [6.45, 7) is 1.83. The lowest BCUT2D eigenvalue weighted by Gasteiger charge is -2.01. The maximum absolute atomic E-state index is 10.8. The highest BCUT2D eigenvalue weighted by molar-refractivity contribution is 8.01. The minimum Gasteiger partial charge on any atom is -0.481 e. The van der Waals surface area contributed by atoms with Crippen LogP contribution in [-0.4, -0.2) is 26.3 Å². The third-order valence-corrected chi connectivity index (χ3v) is 5.12. The molecule has 0 aliphatic rings. The van der Waals surface area contributed by atoms with Crippen molar-refractivity contribution in [1.82, 2.24) is 15.2 Å². The van der Waals surface area contributed by atoms with Crippen molar-refractivity contribution in [3.05, 3.63) is 41.0 Å². The molecule has 0 radical (unpaired) electrons. The van der Waals surface area contributed by atoms with Crippen molar-refractivity contribution in [2.24, 2.45) is 0 Å². The fourth-order valence-electron chi connectivity index (χ4n) is 1.91. The Balaban J connectivity index is 1.94. The molecule has 2 aromatic heterocycles. The number of carbonyl (C=O) groups is 1. The summed E-state index contributed by atoms with van der Waals surface area (Å²) < 4.78 is 0.786. The minimum atomic E-state index is -0.844. The van der Waals surface area contributed by atoms with Crippen LogP contribution in [0, 0.1) is 6.92 Å². The lowest BCUT2D eigenvalue weighted by atomic mass is 10.2. The van der Waals surface area contributed by atoms with Gasteiger partial charge in [-0.1, -0.05) is 24.3 Å². The van der Waals surface area contributed by atoms with Crippen molar-refractivity contribution in [3.63, 3.8) is 0 Å². The molecule has 1 N–H and O–H groups in total. The van der Waals surface area contributed by atoms with Crippen LogP contribution in [0.3, 0.4) is 0 Å². The van der Waals surface area contributed by atoms with Gasteiger partial charge in [-0.05, 0) is 18.7 Å². The highest BCUT2D eigenvalue weighted by atomic mass is 32.2. The van der Waals surface area contributed by atoms with Gasteiger partial charge in [-0.25, -0.2) is 4.98 Å². The van der Waals surface area contributed by atoms with Gasteiger partial charge in [0, 0.05) is 15.6 Å². The van der Waals surface area contributed by atoms with Crippen LogP contribution in [0.1, 0.15) is 10.6 Å². The summed E-state index contributed by atoms with van der Waals surface area (Å²) in [5.74, 6) is -0.844. The Morgan fingerprint density at radius 2 is 2.19 bits per heavy atom. The average molecular weight is 317 g/mol. The van der Waals surface area contributed by atoms with Gasteiger partial charge in [0.15, 0.2) is 4.34 Å². The number of nitrogens with zero attached hydrogens (tertiary/aromatic N) is 3. The fourth-order valence-corrected chi connectivity index (χ4v) is 4.13. The summed E-state index contributed by atoms with van der Waals surface area (Å²) in [4.78, 5) is 16.0. The number of benzene rings is 1. The van der Waals surface area contributed by atoms with E-state index in [2.05, 4.69) is 15.2 Å². The van der Waals surface area contributed by atoms with E-state index in [-0.39, 0.29) is 6.42 Å². The van der Waals surface area contributed by atoms with E-state index in [0.29, 0.717) is 0 Å². The predicted octanol–water partition coefficient (Wildman–Crippen LogP) is 3.17. The zero-order valence-electron chi connectivity index (χ0n) is 11.1. The Morgan fingerprint density at radius 1 is 1.38 bits per heavy atom. The van der Waals surface area contributed by atoms with Crippen LogP contribution < -0.4 is 0 Å². The van der Waals surface area contributed by atoms with Crippen molar-refractivity contribution >= 4 is 39.8 Å². The van der Waals surface area contributed by atoms with Crippen LogP contribution in [0.15, 0.2) is 39.8 Å². The van der Waals surface area contributed by atoms with Gasteiger partial charge in [-0.2, -0.15) is 5.10 Å². The zero-order valence-corrected chi connectivity index (χ0v) is 12.7. The van der Waals surface area contributed by atoms with Gasteiger partial charge in [0.25, 0.3) is 0 Å². The van der Waals surface area contributed by atoms with E-state index in [1.54, 1.807) is 6.20 Å². The van der Waals surface area contributed by atoms with Crippen LogP contribution >= 0.6 is 23.1 Å². The van der Waals surface area contributed by atoms with Crippen LogP contribution in [-0.2, 0) is 11.2 Å². The highest BCUT2D eigenvalue weighted by Gasteiger charge is 2.13. The Labute approximate surface area is 129 Å². The lowest BCUT2D eigenvalue weighted by Crippen LogP contribution is -1.99. The van der Waals surface area contributed by atoms with E-state index in [0.717, 1.165) is 30.7 Å². The lowest BCUT2D eigenvalue weighted by molar-refractivity contribution is -0.136. The molecule has 3 aromatic rings. The molecule has 0 amide bonds. The molecular weight excluding hydrogens is 306 g/mol. The van der Waals surface area contributed by atoms with E-state index < -0.39 is 5.97 Å². The molecule has 5 nitrogen and oxygen atoms in total. The van der Waals surface area contributed by atoms with Crippen molar-refractivity contribution in [3.8, 4) is 0 Å². The third-order valence-electron chi connectivity index (χ3n) is 2.91. The molecule has 0 saturated carbocycles. The Bertz CT molecular complexity index is 812. The third kappa shape index (κ3) is 3.03. The quantitative estimate of drug-likeness (QED) is 0.796. The SMILES string of the molecule is Cc1nc(Sc2nncc3ccccc23)sc1CC(=O)O. The Morgan fingerprint density at radius 3 is 3.00 bits per heavy atom. The van der Waals surface area contributed by atoms with Crippen LogP contribution in [0.2, 0.25) is 0 Å². The predicted molar refractivity (Wildman–Crippen MR) is 81.9 cm³/mol. The van der Waals surface area contributed by atoms with Gasteiger partial charge in [0.1, 0.15) is 5.03 Å². The first-order valence-corrected chi connectivity index (χ1v) is 7.83. The van der Waals surface area contributed by atoms with Crippen LogP contribution in [0.25, 0.3) is 10.8 Å². The average Bonchev–Trinajstić information content (AvgIpc) is 2.78. The van der Waals surface area contributed by atoms with Crippen molar-refractivity contribution < 1.29 is 9.90 Å². The van der Waals surface area contributed by atoms with Gasteiger partial charge in [0.2, 0.25) is 0 Å². The van der Waals surface area contributed by atoms with Gasteiger partial charge in [0.05, 0.1) is 18.3 Å². The number of thiazole rings is 1. The van der Waals surface area contributed by atoms with E-state index in [9.17, 15) is 4.79 Å². The first kappa shape index (κ1) is 14.0. The molecule has 0 saturated heterocycles. The molecule has 0 fully saturated rings. The molecule has 1 aromatic carbocycles. The monoisotopic (exact) mass is 317 g/mol. The largest absolute Gasteiger partial charge is 0.481 e. The van der Waals surface area contributed by atoms with Gasteiger partial charge >= 0.3 is 5.97 Å². The van der Waals surface area contributed by atoms with Gasteiger partial charge in [-0.15, -0.1) is 16.4 Å². The molecule has 0 aliphatic carbocycles. The van der Waals surface area contributed by atoms with Crippen molar-refractivity contribution in [2.75, 3.05) is 0 Å².